The molecule has 6 nitrogen and oxygen atoms in total. The van der Waals surface area contributed by atoms with Crippen LogP contribution in [0.1, 0.15) is 31.5 Å². The molecule has 0 radical (unpaired) electrons. The van der Waals surface area contributed by atoms with Crippen molar-refractivity contribution >= 4 is 15.9 Å². The molecule has 27 heavy (non-hydrogen) atoms. The fraction of sp³-hybridized carbons (Fsp3) is 0.400. The number of pyridine rings is 1. The standard InChI is InChI=1S/C20H25N3O3S/c1-16(2)21-19-10-6-7-13-23(19)20(24)17-11-14-22(15-12-17)27(25,26)18-8-4-3-5-9-18/h3-10,13,16-17H,11-12,14-15H2,1-2H3. The Morgan fingerprint density at radius 2 is 1.67 bits per heavy atom. The molecule has 1 aliphatic heterocycles. The van der Waals surface area contributed by atoms with Crippen LogP contribution in [-0.2, 0) is 10.0 Å². The number of rotatable bonds is 4. The number of sulfonamides is 1. The van der Waals surface area contributed by atoms with Crippen molar-refractivity contribution in [3.05, 3.63) is 60.2 Å². The first-order chi connectivity index (χ1) is 12.9. The predicted molar refractivity (Wildman–Crippen MR) is 104 cm³/mol. The first-order valence-corrected chi connectivity index (χ1v) is 10.6. The van der Waals surface area contributed by atoms with Gasteiger partial charge in [-0.15, -0.1) is 0 Å². The second kappa shape index (κ2) is 8.19. The Morgan fingerprint density at radius 3 is 2.30 bits per heavy atom. The van der Waals surface area contributed by atoms with Crippen LogP contribution in [0.3, 0.4) is 0 Å². The normalized spacial score (nSPS) is 17.4. The Labute approximate surface area is 160 Å². The molecular weight excluding hydrogens is 362 g/mol. The van der Waals surface area contributed by atoms with Gasteiger partial charge in [0.2, 0.25) is 15.9 Å². The zero-order chi connectivity index (χ0) is 19.4. The van der Waals surface area contributed by atoms with Crippen molar-refractivity contribution in [1.29, 1.82) is 0 Å². The minimum Gasteiger partial charge on any atom is -0.274 e. The van der Waals surface area contributed by atoms with Gasteiger partial charge in [-0.05, 0) is 51.0 Å². The van der Waals surface area contributed by atoms with Crippen molar-refractivity contribution in [3.8, 4) is 0 Å². The number of aromatic nitrogens is 1. The summed E-state index contributed by atoms with van der Waals surface area (Å²) in [6.45, 7) is 4.62. The molecule has 2 heterocycles. The van der Waals surface area contributed by atoms with Gasteiger partial charge >= 0.3 is 0 Å². The molecule has 0 spiro atoms. The molecule has 1 saturated heterocycles. The van der Waals surface area contributed by atoms with Gasteiger partial charge in [0.15, 0.2) is 0 Å². The average Bonchev–Trinajstić information content (AvgIpc) is 2.68. The van der Waals surface area contributed by atoms with Crippen LogP contribution >= 0.6 is 0 Å². The molecule has 0 amide bonds. The van der Waals surface area contributed by atoms with E-state index in [2.05, 4.69) is 4.99 Å². The summed E-state index contributed by atoms with van der Waals surface area (Å²) in [7, 11) is -3.50. The van der Waals surface area contributed by atoms with E-state index >= 15 is 0 Å². The number of hydrogen-bond acceptors (Lipinski definition) is 4. The van der Waals surface area contributed by atoms with Crippen LogP contribution in [0.25, 0.3) is 0 Å². The van der Waals surface area contributed by atoms with Crippen molar-refractivity contribution in [2.45, 2.75) is 37.6 Å². The number of nitrogens with zero attached hydrogens (tertiary/aromatic N) is 3. The Bertz CT molecular complexity index is 957. The largest absolute Gasteiger partial charge is 0.274 e. The fourth-order valence-electron chi connectivity index (χ4n) is 3.27. The van der Waals surface area contributed by atoms with Crippen LogP contribution < -0.4 is 5.49 Å². The van der Waals surface area contributed by atoms with Crippen LogP contribution in [0, 0.1) is 5.92 Å². The molecule has 1 aromatic carbocycles. The lowest BCUT2D eigenvalue weighted by atomic mass is 9.97. The van der Waals surface area contributed by atoms with E-state index in [9.17, 15) is 13.2 Å². The maximum atomic E-state index is 13.0. The third kappa shape index (κ3) is 4.36. The SMILES string of the molecule is CC(C)N=c1ccccn1C(=O)C1CCN(S(=O)(=O)c2ccccc2)CC1. The van der Waals surface area contributed by atoms with Crippen LogP contribution in [0.2, 0.25) is 0 Å². The van der Waals surface area contributed by atoms with Gasteiger partial charge in [0, 0.05) is 31.2 Å². The number of piperidine rings is 1. The third-order valence-electron chi connectivity index (χ3n) is 4.65. The Hall–Kier alpha value is -2.25. The molecule has 0 unspecified atom stereocenters. The molecule has 7 heteroatoms. The first kappa shape index (κ1) is 19.5. The monoisotopic (exact) mass is 387 g/mol. The summed E-state index contributed by atoms with van der Waals surface area (Å²) in [5.41, 5.74) is 0.636. The topological polar surface area (TPSA) is 71.7 Å². The molecule has 144 valence electrons. The molecule has 1 fully saturated rings. The van der Waals surface area contributed by atoms with Crippen molar-refractivity contribution in [2.75, 3.05) is 13.1 Å². The minimum absolute atomic E-state index is 0.0215. The quantitative estimate of drug-likeness (QED) is 0.809. The highest BCUT2D eigenvalue weighted by Gasteiger charge is 2.32. The van der Waals surface area contributed by atoms with Gasteiger partial charge in [-0.25, -0.2) is 8.42 Å². The molecular formula is C20H25N3O3S. The highest BCUT2D eigenvalue weighted by atomic mass is 32.2. The molecule has 0 saturated carbocycles. The van der Waals surface area contributed by atoms with E-state index in [0.717, 1.165) is 0 Å². The van der Waals surface area contributed by atoms with Gasteiger partial charge in [0.25, 0.3) is 0 Å². The van der Waals surface area contributed by atoms with Gasteiger partial charge in [0.05, 0.1) is 4.90 Å². The van der Waals surface area contributed by atoms with Crippen LogP contribution in [-0.4, -0.2) is 42.3 Å². The van der Waals surface area contributed by atoms with Gasteiger partial charge in [-0.1, -0.05) is 24.3 Å². The van der Waals surface area contributed by atoms with Crippen molar-refractivity contribution in [3.63, 3.8) is 0 Å². The molecule has 1 aliphatic rings. The van der Waals surface area contributed by atoms with Crippen LogP contribution in [0.4, 0.5) is 0 Å². The maximum Gasteiger partial charge on any atom is 0.243 e. The van der Waals surface area contributed by atoms with Crippen molar-refractivity contribution < 1.29 is 13.2 Å². The summed E-state index contributed by atoms with van der Waals surface area (Å²) in [5.74, 6) is -0.229. The maximum absolute atomic E-state index is 13.0. The lowest BCUT2D eigenvalue weighted by Crippen LogP contribution is -2.42. The Morgan fingerprint density at radius 1 is 1.04 bits per heavy atom. The molecule has 1 aromatic heterocycles. The fourth-order valence-corrected chi connectivity index (χ4v) is 4.76. The van der Waals surface area contributed by atoms with E-state index in [0.29, 0.717) is 36.3 Å². The molecule has 0 N–H and O–H groups in total. The van der Waals surface area contributed by atoms with Crippen LogP contribution in [0.15, 0.2) is 64.6 Å². The van der Waals surface area contributed by atoms with Gasteiger partial charge in [0.1, 0.15) is 5.49 Å². The van der Waals surface area contributed by atoms with E-state index < -0.39 is 10.0 Å². The van der Waals surface area contributed by atoms with E-state index in [1.807, 2.05) is 32.0 Å². The van der Waals surface area contributed by atoms with E-state index in [1.165, 1.54) is 4.31 Å². The lowest BCUT2D eigenvalue weighted by Gasteiger charge is -2.30. The number of hydrogen-bond donors (Lipinski definition) is 0. The van der Waals surface area contributed by atoms with E-state index in [-0.39, 0.29) is 17.9 Å². The highest BCUT2D eigenvalue weighted by molar-refractivity contribution is 7.89. The molecule has 0 bridgehead atoms. The van der Waals surface area contributed by atoms with E-state index in [1.54, 1.807) is 41.1 Å². The molecule has 2 aromatic rings. The first-order valence-electron chi connectivity index (χ1n) is 9.20. The molecule has 0 aliphatic carbocycles. The summed E-state index contributed by atoms with van der Waals surface area (Å²) in [5, 5.41) is 0. The smallest absolute Gasteiger partial charge is 0.243 e. The summed E-state index contributed by atoms with van der Waals surface area (Å²) in [6, 6.07) is 14.0. The number of benzene rings is 1. The lowest BCUT2D eigenvalue weighted by molar-refractivity contribution is 0.0781. The zero-order valence-electron chi connectivity index (χ0n) is 15.7. The summed E-state index contributed by atoms with van der Waals surface area (Å²) >= 11 is 0. The van der Waals surface area contributed by atoms with E-state index in [4.69, 9.17) is 0 Å². The second-order valence-corrected chi connectivity index (χ2v) is 8.92. The third-order valence-corrected chi connectivity index (χ3v) is 6.56. The van der Waals surface area contributed by atoms with Gasteiger partial charge in [-0.2, -0.15) is 4.31 Å². The summed E-state index contributed by atoms with van der Waals surface area (Å²) in [6.07, 6.45) is 2.75. The summed E-state index contributed by atoms with van der Waals surface area (Å²) in [4.78, 5) is 17.8. The highest BCUT2D eigenvalue weighted by Crippen LogP contribution is 2.24. The minimum atomic E-state index is -3.50. The van der Waals surface area contributed by atoms with Crippen molar-refractivity contribution in [1.82, 2.24) is 8.87 Å². The molecule has 0 atom stereocenters. The Balaban J connectivity index is 1.74. The summed E-state index contributed by atoms with van der Waals surface area (Å²) < 4.78 is 28.5. The zero-order valence-corrected chi connectivity index (χ0v) is 16.5. The average molecular weight is 388 g/mol. The number of carbonyl (C=O) groups excluding carboxylic acids is 1. The van der Waals surface area contributed by atoms with Gasteiger partial charge < -0.3 is 0 Å². The Kier molecular flexibility index (Phi) is 5.92. The van der Waals surface area contributed by atoms with Crippen LogP contribution in [0.5, 0.6) is 0 Å². The number of carbonyl (C=O) groups is 1. The second-order valence-electron chi connectivity index (χ2n) is 6.98. The predicted octanol–water partition coefficient (Wildman–Crippen LogP) is 2.54. The molecule has 3 rings (SSSR count). The van der Waals surface area contributed by atoms with Crippen molar-refractivity contribution in [2.24, 2.45) is 10.9 Å². The van der Waals surface area contributed by atoms with Gasteiger partial charge in [-0.3, -0.25) is 14.4 Å².